The van der Waals surface area contributed by atoms with Crippen molar-refractivity contribution in [2.24, 2.45) is 0 Å². The lowest BCUT2D eigenvalue weighted by atomic mass is 9.91. The zero-order chi connectivity index (χ0) is 29.6. The molecule has 216 valence electrons. The fourth-order valence-corrected chi connectivity index (χ4v) is 7.10. The number of hydrogen-bond donors (Lipinski definition) is 1. The van der Waals surface area contributed by atoms with Gasteiger partial charge in [-0.1, -0.05) is 54.8 Å². The number of rotatable bonds is 7. The molecule has 0 spiro atoms. The summed E-state index contributed by atoms with van der Waals surface area (Å²) in [5.41, 5.74) is 6.48. The molecule has 2 heterocycles. The molecule has 0 aliphatic heterocycles. The largest absolute Gasteiger partial charge is 0.479 e. The second-order valence-corrected chi connectivity index (χ2v) is 13.5. The first-order valence-corrected chi connectivity index (χ1v) is 15.5. The highest BCUT2D eigenvalue weighted by atomic mass is 35.5. The third-order valence-corrected chi connectivity index (χ3v) is 9.15. The third kappa shape index (κ3) is 5.74. The number of aromatic nitrogens is 3. The Kier molecular flexibility index (Phi) is 7.68. The molecule has 1 N–H and O–H groups in total. The number of aryl methyl sites for hydroxylation is 1. The molecule has 1 fully saturated rings. The van der Waals surface area contributed by atoms with Crippen LogP contribution in [0, 0.1) is 6.92 Å². The van der Waals surface area contributed by atoms with Gasteiger partial charge in [-0.25, -0.2) is 9.78 Å². The van der Waals surface area contributed by atoms with E-state index in [1.807, 2.05) is 64.2 Å². The van der Waals surface area contributed by atoms with Crippen molar-refractivity contribution in [3.8, 4) is 32.8 Å². The Balaban J connectivity index is 1.48. The zero-order valence-corrected chi connectivity index (χ0v) is 25.8. The van der Waals surface area contributed by atoms with Gasteiger partial charge in [0.1, 0.15) is 5.01 Å². The van der Waals surface area contributed by atoms with Crippen LogP contribution in [0.5, 0.6) is 0 Å². The topological polar surface area (TPSA) is 77.2 Å². The third-order valence-electron chi connectivity index (χ3n) is 7.76. The van der Waals surface area contributed by atoms with Crippen molar-refractivity contribution in [2.45, 2.75) is 71.1 Å². The van der Waals surface area contributed by atoms with Crippen molar-refractivity contribution in [2.75, 3.05) is 0 Å². The van der Waals surface area contributed by atoms with Crippen LogP contribution in [0.15, 0.2) is 67.0 Å². The van der Waals surface area contributed by atoms with E-state index in [4.69, 9.17) is 21.3 Å². The second-order valence-electron chi connectivity index (χ2n) is 12.0. The van der Waals surface area contributed by atoms with Gasteiger partial charge < -0.3 is 9.84 Å². The number of carboxylic acid groups (broad SMARTS) is 1. The molecule has 0 amide bonds. The molecule has 5 aromatic rings. The van der Waals surface area contributed by atoms with E-state index in [1.54, 1.807) is 11.3 Å². The molecule has 1 aliphatic rings. The number of fused-ring (bicyclic) bond motifs is 1. The number of halogens is 1. The monoisotopic (exact) mass is 599 g/mol. The summed E-state index contributed by atoms with van der Waals surface area (Å²) in [5.74, 6) is -1.03. The fraction of sp³-hybridized carbons (Fsp3) is 0.324. The fourth-order valence-electron chi connectivity index (χ4n) is 5.85. The van der Waals surface area contributed by atoms with Gasteiger partial charge in [-0.2, -0.15) is 5.10 Å². The molecule has 0 saturated heterocycles. The summed E-state index contributed by atoms with van der Waals surface area (Å²) in [5, 5.41) is 16.5. The highest BCUT2D eigenvalue weighted by molar-refractivity contribution is 7.22. The normalized spacial score (nSPS) is 15.0. The van der Waals surface area contributed by atoms with Crippen LogP contribution in [0.4, 0.5) is 0 Å². The Hall–Kier alpha value is -3.52. The van der Waals surface area contributed by atoms with Crippen molar-refractivity contribution in [3.63, 3.8) is 0 Å². The summed E-state index contributed by atoms with van der Waals surface area (Å²) in [6.45, 7) is 7.54. The van der Waals surface area contributed by atoms with Crippen LogP contribution in [-0.4, -0.2) is 31.4 Å². The van der Waals surface area contributed by atoms with Crippen LogP contribution in [0.3, 0.4) is 0 Å². The minimum atomic E-state index is -1.15. The summed E-state index contributed by atoms with van der Waals surface area (Å²) >= 11 is 7.80. The Labute approximate surface area is 254 Å². The average Bonchev–Trinajstić information content (AvgIpc) is 3.72. The zero-order valence-electron chi connectivity index (χ0n) is 24.2. The van der Waals surface area contributed by atoms with Gasteiger partial charge in [0, 0.05) is 33.5 Å². The summed E-state index contributed by atoms with van der Waals surface area (Å²) in [6.07, 6.45) is 7.87. The Bertz CT molecular complexity index is 1760. The van der Waals surface area contributed by atoms with Crippen LogP contribution >= 0.6 is 22.9 Å². The van der Waals surface area contributed by atoms with Crippen LogP contribution in [-0.2, 0) is 9.53 Å². The molecule has 6 nitrogen and oxygen atoms in total. The molecule has 1 unspecified atom stereocenters. The predicted octanol–water partition coefficient (Wildman–Crippen LogP) is 9.51. The van der Waals surface area contributed by atoms with E-state index in [9.17, 15) is 9.90 Å². The molecule has 42 heavy (non-hydrogen) atoms. The maximum absolute atomic E-state index is 12.6. The van der Waals surface area contributed by atoms with Crippen LogP contribution in [0.1, 0.15) is 69.7 Å². The van der Waals surface area contributed by atoms with Crippen molar-refractivity contribution in [3.05, 3.63) is 83.1 Å². The van der Waals surface area contributed by atoms with Gasteiger partial charge in [0.2, 0.25) is 0 Å². The summed E-state index contributed by atoms with van der Waals surface area (Å²) < 4.78 is 9.18. The lowest BCUT2D eigenvalue weighted by Gasteiger charge is -2.28. The summed E-state index contributed by atoms with van der Waals surface area (Å²) in [6, 6.07) is 18.4. The first-order valence-electron chi connectivity index (χ1n) is 14.3. The van der Waals surface area contributed by atoms with Crippen molar-refractivity contribution in [1.82, 2.24) is 14.8 Å². The highest BCUT2D eigenvalue weighted by Crippen LogP contribution is 2.44. The standard InChI is InChI=1S/C34H34ClN3O3S/c1-20-16-27-31(29(21-12-14-25(35)15-13-21)28(20)30(33(39)40)41-34(2,3)4)42-32(37-27)23-9-7-8-22(17-23)24-18-36-38(19-24)26-10-5-6-11-26/h7-9,12-19,26,30H,5-6,10-11H2,1-4H3,(H,39,40). The van der Waals surface area contributed by atoms with Crippen molar-refractivity contribution < 1.29 is 14.6 Å². The number of ether oxygens (including phenoxy) is 1. The first kappa shape index (κ1) is 28.6. The SMILES string of the molecule is Cc1cc2nc(-c3cccc(-c4cnn(C5CCCC5)c4)c3)sc2c(-c2ccc(Cl)cc2)c1C(OC(C)(C)C)C(=O)O. The number of carbonyl (C=O) groups is 1. The number of nitrogens with zero attached hydrogens (tertiary/aromatic N) is 3. The van der Waals surface area contributed by atoms with E-state index in [0.717, 1.165) is 48.6 Å². The Morgan fingerprint density at radius 2 is 1.76 bits per heavy atom. The molecule has 1 aliphatic carbocycles. The smallest absolute Gasteiger partial charge is 0.337 e. The van der Waals surface area contributed by atoms with Gasteiger partial charge in [0.05, 0.1) is 28.1 Å². The molecule has 6 rings (SSSR count). The molecule has 3 aromatic carbocycles. The molecule has 1 saturated carbocycles. The Morgan fingerprint density at radius 3 is 2.45 bits per heavy atom. The maximum Gasteiger partial charge on any atom is 0.337 e. The molecule has 0 bridgehead atoms. The van der Waals surface area contributed by atoms with Gasteiger partial charge in [-0.05, 0) is 81.5 Å². The maximum atomic E-state index is 12.6. The summed E-state index contributed by atoms with van der Waals surface area (Å²) in [7, 11) is 0. The van der Waals surface area contributed by atoms with Crippen LogP contribution < -0.4 is 0 Å². The molecular formula is C34H34ClN3O3S. The average molecular weight is 600 g/mol. The van der Waals surface area contributed by atoms with E-state index in [-0.39, 0.29) is 0 Å². The first-order chi connectivity index (χ1) is 20.1. The minimum Gasteiger partial charge on any atom is -0.479 e. The van der Waals surface area contributed by atoms with E-state index in [1.165, 1.54) is 25.7 Å². The number of benzene rings is 3. The lowest BCUT2D eigenvalue weighted by molar-refractivity contribution is -0.160. The van der Waals surface area contributed by atoms with E-state index in [0.29, 0.717) is 16.6 Å². The van der Waals surface area contributed by atoms with E-state index in [2.05, 4.69) is 40.2 Å². The molecule has 1 atom stereocenters. The van der Waals surface area contributed by atoms with Gasteiger partial charge in [-0.15, -0.1) is 11.3 Å². The molecular weight excluding hydrogens is 566 g/mol. The minimum absolute atomic E-state index is 0.492. The second kappa shape index (κ2) is 11.3. The van der Waals surface area contributed by atoms with Crippen molar-refractivity contribution in [1.29, 1.82) is 0 Å². The van der Waals surface area contributed by atoms with E-state index >= 15 is 0 Å². The van der Waals surface area contributed by atoms with Gasteiger partial charge in [0.25, 0.3) is 0 Å². The molecule has 8 heteroatoms. The van der Waals surface area contributed by atoms with Gasteiger partial charge >= 0.3 is 5.97 Å². The number of carboxylic acids is 1. The lowest BCUT2D eigenvalue weighted by Crippen LogP contribution is -2.28. The van der Waals surface area contributed by atoms with Crippen LogP contribution in [0.2, 0.25) is 5.02 Å². The quantitative estimate of drug-likeness (QED) is 0.201. The number of aliphatic carboxylic acids is 1. The Morgan fingerprint density at radius 1 is 1.05 bits per heavy atom. The van der Waals surface area contributed by atoms with Gasteiger partial charge in [0.15, 0.2) is 6.10 Å². The van der Waals surface area contributed by atoms with Crippen molar-refractivity contribution >= 4 is 39.1 Å². The number of thiazole rings is 1. The molecule has 2 aromatic heterocycles. The van der Waals surface area contributed by atoms with Crippen LogP contribution in [0.25, 0.3) is 43.0 Å². The van der Waals surface area contributed by atoms with Gasteiger partial charge in [-0.3, -0.25) is 4.68 Å². The van der Waals surface area contributed by atoms with E-state index < -0.39 is 17.7 Å². The number of hydrogen-bond acceptors (Lipinski definition) is 5. The highest BCUT2D eigenvalue weighted by Gasteiger charge is 2.32. The summed E-state index contributed by atoms with van der Waals surface area (Å²) in [4.78, 5) is 17.7. The predicted molar refractivity (Wildman–Crippen MR) is 170 cm³/mol. The molecule has 0 radical (unpaired) electrons.